The molecule has 2 aromatic carbocycles. The lowest BCUT2D eigenvalue weighted by Crippen LogP contribution is -2.59. The first-order valence-corrected chi connectivity index (χ1v) is 11.0. The van der Waals surface area contributed by atoms with Crippen LogP contribution in [0.2, 0.25) is 12.1 Å². The van der Waals surface area contributed by atoms with E-state index in [0.29, 0.717) is 6.61 Å². The zero-order valence-electron chi connectivity index (χ0n) is 12.8. The number of ether oxygens (including phenoxy) is 1. The molecule has 0 unspecified atom stereocenters. The first kappa shape index (κ1) is 17.0. The minimum atomic E-state index is -1.94. The van der Waals surface area contributed by atoms with Crippen LogP contribution in [-0.4, -0.2) is 26.0 Å². The predicted octanol–water partition coefficient (Wildman–Crippen LogP) is 3.21. The zero-order chi connectivity index (χ0) is 15.8. The van der Waals surface area contributed by atoms with Crippen molar-refractivity contribution in [2.75, 3.05) is 11.9 Å². The van der Waals surface area contributed by atoms with Gasteiger partial charge in [-0.2, -0.15) is 0 Å². The third kappa shape index (κ3) is 4.08. The summed E-state index contributed by atoms with van der Waals surface area (Å²) in [5.74, 6) is -0.206. The second-order valence-electron chi connectivity index (χ2n) is 5.34. The third-order valence-corrected chi connectivity index (χ3v) is 10.2. The molecule has 0 fully saturated rings. The summed E-state index contributed by atoms with van der Waals surface area (Å²) in [5.41, 5.74) is 0. The van der Waals surface area contributed by atoms with Crippen LogP contribution in [0.25, 0.3) is 0 Å². The van der Waals surface area contributed by atoms with Gasteiger partial charge in [0.2, 0.25) is 0 Å². The topological polar surface area (TPSA) is 26.3 Å². The number of alkyl halides is 1. The molecule has 4 heteroatoms. The smallest absolute Gasteiger partial charge is 0.302 e. The van der Waals surface area contributed by atoms with Crippen molar-refractivity contribution < 1.29 is 9.53 Å². The number of carbonyl (C=O) groups excluding carboxylic acids is 1. The predicted molar refractivity (Wildman–Crippen MR) is 97.9 cm³/mol. The number of carbonyl (C=O) groups is 1. The van der Waals surface area contributed by atoms with E-state index in [9.17, 15) is 4.79 Å². The summed E-state index contributed by atoms with van der Waals surface area (Å²) < 4.78 is 5.27. The highest BCUT2D eigenvalue weighted by atomic mass is 79.9. The molecular formula is C18H21BrO2Si. The molecule has 2 nitrogen and oxygen atoms in total. The van der Waals surface area contributed by atoms with E-state index in [0.717, 1.165) is 17.4 Å². The quantitative estimate of drug-likeness (QED) is 0.421. The van der Waals surface area contributed by atoms with Crippen molar-refractivity contribution in [1.29, 1.82) is 0 Å². The largest absolute Gasteiger partial charge is 0.466 e. The number of hydrogen-bond donors (Lipinski definition) is 0. The van der Waals surface area contributed by atoms with E-state index in [4.69, 9.17) is 4.74 Å². The SMILES string of the molecule is CC(=O)OCC[Si](CCBr)(c1ccccc1)c1ccccc1. The van der Waals surface area contributed by atoms with Crippen molar-refractivity contribution in [2.24, 2.45) is 0 Å². The molecule has 0 spiro atoms. The van der Waals surface area contributed by atoms with Crippen molar-refractivity contribution >= 4 is 40.3 Å². The summed E-state index contributed by atoms with van der Waals surface area (Å²) in [7, 11) is -1.94. The van der Waals surface area contributed by atoms with E-state index in [-0.39, 0.29) is 5.97 Å². The molecule has 0 aliphatic heterocycles. The Kier molecular flexibility index (Phi) is 6.40. The molecule has 116 valence electrons. The lowest BCUT2D eigenvalue weighted by atomic mass is 10.4. The van der Waals surface area contributed by atoms with E-state index in [1.54, 1.807) is 0 Å². The Morgan fingerprint density at radius 3 is 1.86 bits per heavy atom. The molecule has 2 rings (SSSR count). The molecule has 0 aromatic heterocycles. The average molecular weight is 377 g/mol. The van der Waals surface area contributed by atoms with Gasteiger partial charge in [0.15, 0.2) is 0 Å². The van der Waals surface area contributed by atoms with Crippen LogP contribution < -0.4 is 10.4 Å². The summed E-state index contributed by atoms with van der Waals surface area (Å²) in [4.78, 5) is 11.1. The van der Waals surface area contributed by atoms with Crippen LogP contribution in [0.1, 0.15) is 6.92 Å². The second kappa shape index (κ2) is 8.29. The molecule has 0 N–H and O–H groups in total. The van der Waals surface area contributed by atoms with Gasteiger partial charge >= 0.3 is 5.97 Å². The highest BCUT2D eigenvalue weighted by Gasteiger charge is 2.36. The Morgan fingerprint density at radius 1 is 0.955 bits per heavy atom. The first-order chi connectivity index (χ1) is 10.7. The molecule has 0 aliphatic rings. The van der Waals surface area contributed by atoms with Gasteiger partial charge in [0.25, 0.3) is 0 Å². The first-order valence-electron chi connectivity index (χ1n) is 7.49. The fourth-order valence-electron chi connectivity index (χ4n) is 2.91. The Morgan fingerprint density at radius 2 is 1.45 bits per heavy atom. The average Bonchev–Trinajstić information content (AvgIpc) is 2.55. The minimum Gasteiger partial charge on any atom is -0.466 e. The number of benzene rings is 2. The Labute approximate surface area is 141 Å². The monoisotopic (exact) mass is 376 g/mol. The van der Waals surface area contributed by atoms with Crippen LogP contribution in [0, 0.1) is 0 Å². The summed E-state index contributed by atoms with van der Waals surface area (Å²) in [5, 5.41) is 3.74. The zero-order valence-corrected chi connectivity index (χ0v) is 15.4. The maximum atomic E-state index is 11.1. The number of esters is 1. The van der Waals surface area contributed by atoms with Gasteiger partial charge in [0, 0.05) is 12.3 Å². The van der Waals surface area contributed by atoms with Crippen molar-refractivity contribution in [3.05, 3.63) is 60.7 Å². The van der Waals surface area contributed by atoms with Crippen LogP contribution >= 0.6 is 15.9 Å². The van der Waals surface area contributed by atoms with Crippen molar-refractivity contribution in [1.82, 2.24) is 0 Å². The third-order valence-electron chi connectivity index (χ3n) is 4.01. The lowest BCUT2D eigenvalue weighted by Gasteiger charge is -2.32. The maximum Gasteiger partial charge on any atom is 0.302 e. The molecular weight excluding hydrogens is 356 g/mol. The van der Waals surface area contributed by atoms with E-state index in [1.165, 1.54) is 17.3 Å². The van der Waals surface area contributed by atoms with E-state index < -0.39 is 8.07 Å². The van der Waals surface area contributed by atoms with Crippen LogP contribution in [0.3, 0.4) is 0 Å². The number of halogens is 1. The Bertz CT molecular complexity index is 547. The van der Waals surface area contributed by atoms with Gasteiger partial charge in [-0.05, 0) is 12.1 Å². The molecule has 0 saturated heterocycles. The summed E-state index contributed by atoms with van der Waals surface area (Å²) >= 11 is 3.63. The van der Waals surface area contributed by atoms with Gasteiger partial charge in [0.05, 0.1) is 6.61 Å². The fourth-order valence-corrected chi connectivity index (χ4v) is 9.12. The van der Waals surface area contributed by atoms with Crippen molar-refractivity contribution in [3.8, 4) is 0 Å². The molecule has 22 heavy (non-hydrogen) atoms. The Hall–Kier alpha value is -1.39. The summed E-state index contributed by atoms with van der Waals surface area (Å²) in [6, 6.07) is 23.4. The molecule has 0 radical (unpaired) electrons. The van der Waals surface area contributed by atoms with Gasteiger partial charge in [-0.1, -0.05) is 87.0 Å². The Balaban J connectivity index is 2.42. The van der Waals surface area contributed by atoms with E-state index in [1.807, 2.05) is 12.1 Å². The van der Waals surface area contributed by atoms with Gasteiger partial charge in [0.1, 0.15) is 8.07 Å². The number of rotatable bonds is 7. The van der Waals surface area contributed by atoms with Crippen LogP contribution in [0.4, 0.5) is 0 Å². The molecule has 0 aliphatic carbocycles. The fraction of sp³-hybridized carbons (Fsp3) is 0.278. The van der Waals surface area contributed by atoms with Crippen molar-refractivity contribution in [2.45, 2.75) is 19.0 Å². The highest BCUT2D eigenvalue weighted by Crippen LogP contribution is 2.18. The van der Waals surface area contributed by atoms with Crippen LogP contribution in [0.15, 0.2) is 60.7 Å². The summed E-state index contributed by atoms with van der Waals surface area (Å²) in [6.45, 7) is 1.96. The molecule has 0 heterocycles. The molecule has 0 amide bonds. The van der Waals surface area contributed by atoms with Crippen LogP contribution in [0.5, 0.6) is 0 Å². The highest BCUT2D eigenvalue weighted by molar-refractivity contribution is 9.09. The normalized spacial score (nSPS) is 11.2. The molecule has 0 atom stereocenters. The van der Waals surface area contributed by atoms with E-state index >= 15 is 0 Å². The van der Waals surface area contributed by atoms with E-state index in [2.05, 4.69) is 64.5 Å². The molecule has 0 saturated carbocycles. The number of hydrogen-bond acceptors (Lipinski definition) is 2. The standard InChI is InChI=1S/C18H21BrO2Si/c1-16(20)21-13-15-22(14-12-19,17-8-4-2-5-9-17)18-10-6-3-7-11-18/h2-11H,12-15H2,1H3. The molecule has 0 bridgehead atoms. The van der Waals surface area contributed by atoms with Crippen LogP contribution in [-0.2, 0) is 9.53 Å². The van der Waals surface area contributed by atoms with Gasteiger partial charge in [-0.3, -0.25) is 4.79 Å². The maximum absolute atomic E-state index is 11.1. The van der Waals surface area contributed by atoms with Crippen molar-refractivity contribution in [3.63, 3.8) is 0 Å². The lowest BCUT2D eigenvalue weighted by molar-refractivity contribution is -0.140. The van der Waals surface area contributed by atoms with Gasteiger partial charge in [-0.15, -0.1) is 0 Å². The summed E-state index contributed by atoms with van der Waals surface area (Å²) in [6.07, 6.45) is 0. The molecule has 2 aromatic rings. The second-order valence-corrected chi connectivity index (χ2v) is 10.5. The minimum absolute atomic E-state index is 0.206. The van der Waals surface area contributed by atoms with Gasteiger partial charge in [-0.25, -0.2) is 0 Å². The van der Waals surface area contributed by atoms with Gasteiger partial charge < -0.3 is 4.74 Å².